The van der Waals surface area contributed by atoms with E-state index in [4.69, 9.17) is 0 Å². The van der Waals surface area contributed by atoms with Gasteiger partial charge in [-0.25, -0.2) is 12.7 Å². The molecule has 1 heterocycles. The molecular weight excluding hydrogens is 262 g/mol. The van der Waals surface area contributed by atoms with E-state index in [0.717, 1.165) is 9.87 Å². The number of hydrogen-bond acceptors (Lipinski definition) is 3. The quantitative estimate of drug-likeness (QED) is 0.794. The third-order valence-electron chi connectivity index (χ3n) is 3.29. The first kappa shape index (κ1) is 13.8. The van der Waals surface area contributed by atoms with Gasteiger partial charge in [-0.2, -0.15) is 0 Å². The van der Waals surface area contributed by atoms with Crippen molar-refractivity contribution in [2.24, 2.45) is 0 Å². The minimum Gasteiger partial charge on any atom is -0.274 e. The highest BCUT2D eigenvalue weighted by Gasteiger charge is 2.39. The molecular formula is C14H17NO3S. The van der Waals surface area contributed by atoms with Crippen molar-refractivity contribution in [1.29, 1.82) is 0 Å². The van der Waals surface area contributed by atoms with Gasteiger partial charge in [0.1, 0.15) is 0 Å². The Morgan fingerprint density at radius 2 is 2.00 bits per heavy atom. The van der Waals surface area contributed by atoms with E-state index in [1.54, 1.807) is 30.3 Å². The summed E-state index contributed by atoms with van der Waals surface area (Å²) in [5.41, 5.74) is 0.981. The fourth-order valence-corrected chi connectivity index (χ4v) is 3.93. The molecule has 102 valence electrons. The van der Waals surface area contributed by atoms with Crippen LogP contribution in [0.1, 0.15) is 24.8 Å². The molecule has 5 heteroatoms. The summed E-state index contributed by atoms with van der Waals surface area (Å²) in [6.07, 6.45) is 3.00. The van der Waals surface area contributed by atoms with Crippen LogP contribution in [0, 0.1) is 6.92 Å². The van der Waals surface area contributed by atoms with Gasteiger partial charge in [0.2, 0.25) is 5.91 Å². The number of benzene rings is 1. The molecule has 0 bridgehead atoms. The normalized spacial score (nSPS) is 19.7. The monoisotopic (exact) mass is 279 g/mol. The number of rotatable bonds is 4. The zero-order valence-electron chi connectivity index (χ0n) is 10.9. The van der Waals surface area contributed by atoms with Gasteiger partial charge in [0, 0.05) is 6.42 Å². The number of hydrogen-bond donors (Lipinski definition) is 0. The summed E-state index contributed by atoms with van der Waals surface area (Å²) in [7, 11) is -3.74. The van der Waals surface area contributed by atoms with Crippen molar-refractivity contribution in [2.45, 2.75) is 37.1 Å². The molecule has 2 rings (SSSR count). The maximum Gasteiger partial charge on any atom is 0.266 e. The van der Waals surface area contributed by atoms with Crippen molar-refractivity contribution < 1.29 is 13.2 Å². The lowest BCUT2D eigenvalue weighted by Crippen LogP contribution is -2.38. The van der Waals surface area contributed by atoms with Crippen LogP contribution < -0.4 is 0 Å². The van der Waals surface area contributed by atoms with E-state index in [-0.39, 0.29) is 23.3 Å². The molecule has 1 saturated heterocycles. The average molecular weight is 279 g/mol. The molecule has 0 N–H and O–H groups in total. The Labute approximate surface area is 113 Å². The van der Waals surface area contributed by atoms with E-state index < -0.39 is 10.0 Å². The lowest BCUT2D eigenvalue weighted by Gasteiger charge is -2.23. The van der Waals surface area contributed by atoms with Crippen molar-refractivity contribution in [3.63, 3.8) is 0 Å². The van der Waals surface area contributed by atoms with E-state index in [9.17, 15) is 13.2 Å². The van der Waals surface area contributed by atoms with Gasteiger partial charge in [-0.05, 0) is 31.9 Å². The van der Waals surface area contributed by atoms with Crippen LogP contribution in [-0.4, -0.2) is 24.7 Å². The summed E-state index contributed by atoms with van der Waals surface area (Å²) < 4.78 is 26.1. The highest BCUT2D eigenvalue weighted by molar-refractivity contribution is 7.89. The van der Waals surface area contributed by atoms with Crippen LogP contribution in [0.2, 0.25) is 0 Å². The molecule has 4 nitrogen and oxygen atoms in total. The van der Waals surface area contributed by atoms with Crippen LogP contribution in [0.5, 0.6) is 0 Å². The molecule has 0 spiro atoms. The Balaban J connectivity index is 2.39. The van der Waals surface area contributed by atoms with Crippen LogP contribution in [-0.2, 0) is 14.8 Å². The predicted molar refractivity (Wildman–Crippen MR) is 73.0 cm³/mol. The summed E-state index contributed by atoms with van der Waals surface area (Å²) in [6.45, 7) is 5.50. The van der Waals surface area contributed by atoms with Crippen LogP contribution in [0.15, 0.2) is 41.8 Å². The van der Waals surface area contributed by atoms with Gasteiger partial charge in [0.25, 0.3) is 10.0 Å². The first-order valence-electron chi connectivity index (χ1n) is 6.21. The summed E-state index contributed by atoms with van der Waals surface area (Å²) in [6, 6.07) is 6.25. The van der Waals surface area contributed by atoms with E-state index in [1.165, 1.54) is 0 Å². The maximum absolute atomic E-state index is 12.5. The number of nitrogens with zero attached hydrogens (tertiary/aromatic N) is 1. The number of sulfonamides is 1. The molecule has 0 saturated carbocycles. The maximum atomic E-state index is 12.5. The minimum atomic E-state index is -3.74. The topological polar surface area (TPSA) is 54.5 Å². The number of amides is 1. The molecule has 1 fully saturated rings. The zero-order chi connectivity index (χ0) is 14.0. The Hall–Kier alpha value is -1.62. The summed E-state index contributed by atoms with van der Waals surface area (Å²) in [5, 5.41) is 0. The van der Waals surface area contributed by atoms with Crippen molar-refractivity contribution in [3.8, 4) is 0 Å². The Bertz CT molecular complexity index is 590. The van der Waals surface area contributed by atoms with Crippen LogP contribution in [0.25, 0.3) is 0 Å². The highest BCUT2D eigenvalue weighted by Crippen LogP contribution is 2.29. The standard InChI is InChI=1S/C14H17NO3S/c1-3-4-12-7-10-14(16)15(12)19(17,18)13-8-5-11(2)6-9-13/h3,5-6,8-9,12H,1,4,7,10H2,2H3. The third kappa shape index (κ3) is 2.56. The third-order valence-corrected chi connectivity index (χ3v) is 5.17. The smallest absolute Gasteiger partial charge is 0.266 e. The molecule has 0 aromatic heterocycles. The Kier molecular flexibility index (Phi) is 3.75. The first-order valence-corrected chi connectivity index (χ1v) is 7.65. The number of carbonyl (C=O) groups excluding carboxylic acids is 1. The van der Waals surface area contributed by atoms with Gasteiger partial charge in [-0.15, -0.1) is 6.58 Å². The first-order chi connectivity index (χ1) is 8.96. The van der Waals surface area contributed by atoms with E-state index in [0.29, 0.717) is 12.8 Å². The van der Waals surface area contributed by atoms with Crippen LogP contribution in [0.3, 0.4) is 0 Å². The van der Waals surface area contributed by atoms with Gasteiger partial charge in [0.15, 0.2) is 0 Å². The molecule has 19 heavy (non-hydrogen) atoms. The highest BCUT2D eigenvalue weighted by atomic mass is 32.2. The van der Waals surface area contributed by atoms with Gasteiger partial charge in [-0.1, -0.05) is 23.8 Å². The molecule has 0 radical (unpaired) electrons. The fourth-order valence-electron chi connectivity index (χ4n) is 2.28. The molecule has 1 aromatic rings. The Morgan fingerprint density at radius 3 is 2.58 bits per heavy atom. The van der Waals surface area contributed by atoms with Crippen molar-refractivity contribution in [1.82, 2.24) is 4.31 Å². The molecule has 1 atom stereocenters. The van der Waals surface area contributed by atoms with Crippen molar-refractivity contribution >= 4 is 15.9 Å². The predicted octanol–water partition coefficient (Wildman–Crippen LogP) is 2.25. The molecule has 1 aliphatic heterocycles. The van der Waals surface area contributed by atoms with Gasteiger partial charge in [-0.3, -0.25) is 4.79 Å². The minimum absolute atomic E-state index is 0.169. The summed E-state index contributed by atoms with van der Waals surface area (Å²) in [5.74, 6) is -0.326. The van der Waals surface area contributed by atoms with Crippen LogP contribution >= 0.6 is 0 Å². The molecule has 1 aliphatic rings. The fraction of sp³-hybridized carbons (Fsp3) is 0.357. The number of aryl methyl sites for hydroxylation is 1. The lowest BCUT2D eigenvalue weighted by atomic mass is 10.2. The van der Waals surface area contributed by atoms with Crippen molar-refractivity contribution in [2.75, 3.05) is 0 Å². The largest absolute Gasteiger partial charge is 0.274 e. The van der Waals surface area contributed by atoms with Crippen molar-refractivity contribution in [3.05, 3.63) is 42.5 Å². The molecule has 1 amide bonds. The lowest BCUT2D eigenvalue weighted by molar-refractivity contribution is -0.124. The summed E-state index contributed by atoms with van der Waals surface area (Å²) >= 11 is 0. The SMILES string of the molecule is C=CCC1CCC(=O)N1S(=O)(=O)c1ccc(C)cc1. The van der Waals surface area contributed by atoms with Gasteiger partial charge >= 0.3 is 0 Å². The van der Waals surface area contributed by atoms with Crippen LogP contribution in [0.4, 0.5) is 0 Å². The molecule has 1 unspecified atom stereocenters. The second-order valence-corrected chi connectivity index (χ2v) is 6.54. The van der Waals surface area contributed by atoms with Gasteiger partial charge < -0.3 is 0 Å². The second-order valence-electron chi connectivity index (χ2n) is 4.72. The van der Waals surface area contributed by atoms with E-state index in [1.807, 2.05) is 6.92 Å². The van der Waals surface area contributed by atoms with E-state index in [2.05, 4.69) is 6.58 Å². The number of carbonyl (C=O) groups is 1. The van der Waals surface area contributed by atoms with E-state index >= 15 is 0 Å². The van der Waals surface area contributed by atoms with Gasteiger partial charge in [0.05, 0.1) is 10.9 Å². The Morgan fingerprint density at radius 1 is 1.37 bits per heavy atom. The molecule has 1 aromatic carbocycles. The zero-order valence-corrected chi connectivity index (χ0v) is 11.7. The molecule has 0 aliphatic carbocycles. The average Bonchev–Trinajstić information content (AvgIpc) is 2.72. The second kappa shape index (κ2) is 5.17. The summed E-state index contributed by atoms with van der Waals surface area (Å²) in [4.78, 5) is 12.0.